The van der Waals surface area contributed by atoms with Crippen LogP contribution in [0.25, 0.3) is 5.69 Å². The predicted molar refractivity (Wildman–Crippen MR) is 105 cm³/mol. The van der Waals surface area contributed by atoms with Gasteiger partial charge in [0, 0.05) is 31.7 Å². The van der Waals surface area contributed by atoms with E-state index in [1.165, 1.54) is 11.3 Å². The van der Waals surface area contributed by atoms with Crippen molar-refractivity contribution in [2.24, 2.45) is 0 Å². The van der Waals surface area contributed by atoms with Crippen LogP contribution in [0, 0.1) is 0 Å². The molecule has 0 radical (unpaired) electrons. The number of fused-ring (bicyclic) bond motifs is 3. The van der Waals surface area contributed by atoms with Crippen LogP contribution in [0.3, 0.4) is 0 Å². The molecular formula is C21H24N6. The Bertz CT molecular complexity index is 927. The van der Waals surface area contributed by atoms with Crippen molar-refractivity contribution in [3.8, 4) is 5.69 Å². The molecule has 4 heterocycles. The first-order valence-electron chi connectivity index (χ1n) is 9.66. The van der Waals surface area contributed by atoms with Crippen LogP contribution in [0.1, 0.15) is 36.0 Å². The number of rotatable bonds is 2. The van der Waals surface area contributed by atoms with E-state index in [9.17, 15) is 0 Å². The summed E-state index contributed by atoms with van der Waals surface area (Å²) < 4.78 is 2.32. The number of anilines is 1. The molecule has 0 amide bonds. The molecule has 138 valence electrons. The normalized spacial score (nSPS) is 18.0. The Morgan fingerprint density at radius 2 is 1.74 bits per heavy atom. The highest BCUT2D eigenvalue weighted by Crippen LogP contribution is 2.33. The average molecular weight is 360 g/mol. The van der Waals surface area contributed by atoms with Crippen LogP contribution in [-0.2, 0) is 13.1 Å². The van der Waals surface area contributed by atoms with Gasteiger partial charge in [0.25, 0.3) is 0 Å². The van der Waals surface area contributed by atoms with Crippen molar-refractivity contribution in [2.45, 2.75) is 31.8 Å². The molecule has 2 aliphatic heterocycles. The minimum atomic E-state index is 0.433. The number of hydrogen-bond acceptors (Lipinski definition) is 5. The van der Waals surface area contributed by atoms with Crippen LogP contribution >= 0.6 is 0 Å². The third kappa shape index (κ3) is 3.00. The van der Waals surface area contributed by atoms with Crippen molar-refractivity contribution < 1.29 is 0 Å². The number of pyridine rings is 1. The van der Waals surface area contributed by atoms with Crippen molar-refractivity contribution in [2.75, 3.05) is 25.0 Å². The summed E-state index contributed by atoms with van der Waals surface area (Å²) in [6.45, 7) is 3.78. The fourth-order valence-electron chi connectivity index (χ4n) is 4.32. The number of aromatic nitrogens is 4. The van der Waals surface area contributed by atoms with Crippen molar-refractivity contribution in [3.05, 3.63) is 65.9 Å². The van der Waals surface area contributed by atoms with Gasteiger partial charge in [0.2, 0.25) is 0 Å². The Morgan fingerprint density at radius 1 is 0.926 bits per heavy atom. The fraction of sp³-hybridized carbons (Fsp3) is 0.381. The van der Waals surface area contributed by atoms with Gasteiger partial charge in [0.15, 0.2) is 5.82 Å². The summed E-state index contributed by atoms with van der Waals surface area (Å²) in [6, 6.07) is 14.8. The molecule has 0 atom stereocenters. The van der Waals surface area contributed by atoms with Gasteiger partial charge in [-0.25, -0.2) is 4.98 Å². The second kappa shape index (κ2) is 6.78. The summed E-state index contributed by atoms with van der Waals surface area (Å²) >= 11 is 0. The quantitative estimate of drug-likeness (QED) is 0.703. The molecule has 0 bridgehead atoms. The van der Waals surface area contributed by atoms with Gasteiger partial charge in [-0.15, -0.1) is 10.2 Å². The first-order chi connectivity index (χ1) is 13.3. The van der Waals surface area contributed by atoms with Crippen LogP contribution in [-0.4, -0.2) is 44.8 Å². The molecule has 2 aliphatic rings. The minimum absolute atomic E-state index is 0.433. The molecule has 1 fully saturated rings. The highest BCUT2D eigenvalue weighted by Gasteiger charge is 2.29. The molecule has 2 aromatic heterocycles. The van der Waals surface area contributed by atoms with Gasteiger partial charge >= 0.3 is 0 Å². The molecular weight excluding hydrogens is 336 g/mol. The van der Waals surface area contributed by atoms with Gasteiger partial charge < -0.3 is 4.90 Å². The zero-order chi connectivity index (χ0) is 18.2. The van der Waals surface area contributed by atoms with E-state index in [0.717, 1.165) is 56.5 Å². The monoisotopic (exact) mass is 360 g/mol. The molecule has 0 unspecified atom stereocenters. The van der Waals surface area contributed by atoms with Crippen LogP contribution in [0.5, 0.6) is 0 Å². The molecule has 0 saturated carbocycles. The SMILES string of the molecule is CN1Cc2ccccc2-n2c(nnc2C2CCN(c3ccccn3)CC2)C1. The van der Waals surface area contributed by atoms with E-state index < -0.39 is 0 Å². The molecule has 6 heteroatoms. The summed E-state index contributed by atoms with van der Waals surface area (Å²) in [5, 5.41) is 9.21. The summed E-state index contributed by atoms with van der Waals surface area (Å²) in [4.78, 5) is 9.18. The number of para-hydroxylation sites is 1. The zero-order valence-corrected chi connectivity index (χ0v) is 15.6. The molecule has 0 aliphatic carbocycles. The van der Waals surface area contributed by atoms with Crippen molar-refractivity contribution in [3.63, 3.8) is 0 Å². The van der Waals surface area contributed by atoms with Gasteiger partial charge in [0.1, 0.15) is 11.6 Å². The van der Waals surface area contributed by atoms with Gasteiger partial charge in [0.05, 0.1) is 12.2 Å². The maximum Gasteiger partial charge on any atom is 0.151 e. The molecule has 27 heavy (non-hydrogen) atoms. The van der Waals surface area contributed by atoms with Crippen molar-refractivity contribution in [1.29, 1.82) is 0 Å². The Labute approximate surface area is 159 Å². The largest absolute Gasteiger partial charge is 0.357 e. The van der Waals surface area contributed by atoms with E-state index in [-0.39, 0.29) is 0 Å². The van der Waals surface area contributed by atoms with E-state index in [1.54, 1.807) is 0 Å². The van der Waals surface area contributed by atoms with Crippen LogP contribution in [0.2, 0.25) is 0 Å². The lowest BCUT2D eigenvalue weighted by Gasteiger charge is -2.32. The minimum Gasteiger partial charge on any atom is -0.357 e. The van der Waals surface area contributed by atoms with Gasteiger partial charge in [-0.05, 0) is 43.7 Å². The fourth-order valence-corrected chi connectivity index (χ4v) is 4.32. The first kappa shape index (κ1) is 16.4. The number of piperidine rings is 1. The van der Waals surface area contributed by atoms with E-state index >= 15 is 0 Å². The summed E-state index contributed by atoms with van der Waals surface area (Å²) in [5.41, 5.74) is 2.58. The third-order valence-electron chi connectivity index (χ3n) is 5.67. The average Bonchev–Trinajstić information content (AvgIpc) is 3.06. The molecule has 5 rings (SSSR count). The maximum atomic E-state index is 4.65. The van der Waals surface area contributed by atoms with E-state index in [2.05, 4.69) is 73.0 Å². The molecule has 3 aromatic rings. The van der Waals surface area contributed by atoms with Gasteiger partial charge in [-0.1, -0.05) is 24.3 Å². The highest BCUT2D eigenvalue weighted by atomic mass is 15.3. The standard InChI is InChI=1S/C21H24N6/c1-25-14-17-6-2-3-7-18(17)27-20(15-25)23-24-21(27)16-9-12-26(13-10-16)19-8-4-5-11-22-19/h2-8,11,16H,9-10,12-15H2,1H3. The topological polar surface area (TPSA) is 50.1 Å². The lowest BCUT2D eigenvalue weighted by molar-refractivity contribution is 0.315. The summed E-state index contributed by atoms with van der Waals surface area (Å²) in [5.74, 6) is 3.67. The van der Waals surface area contributed by atoms with Gasteiger partial charge in [-0.3, -0.25) is 9.47 Å². The third-order valence-corrected chi connectivity index (χ3v) is 5.67. The molecule has 6 nitrogen and oxygen atoms in total. The molecule has 0 N–H and O–H groups in total. The lowest BCUT2D eigenvalue weighted by Crippen LogP contribution is -2.34. The zero-order valence-electron chi connectivity index (χ0n) is 15.6. The predicted octanol–water partition coefficient (Wildman–Crippen LogP) is 2.99. The second-order valence-electron chi connectivity index (χ2n) is 7.56. The molecule has 1 aromatic carbocycles. The Balaban J connectivity index is 1.44. The summed E-state index contributed by atoms with van der Waals surface area (Å²) in [6.07, 6.45) is 4.02. The first-order valence-corrected chi connectivity index (χ1v) is 9.66. The van der Waals surface area contributed by atoms with Crippen LogP contribution < -0.4 is 4.90 Å². The second-order valence-corrected chi connectivity index (χ2v) is 7.56. The molecule has 1 saturated heterocycles. The number of benzene rings is 1. The summed E-state index contributed by atoms with van der Waals surface area (Å²) in [7, 11) is 2.14. The van der Waals surface area contributed by atoms with Crippen molar-refractivity contribution >= 4 is 5.82 Å². The maximum absolute atomic E-state index is 4.65. The Morgan fingerprint density at radius 3 is 2.56 bits per heavy atom. The van der Waals surface area contributed by atoms with E-state index in [0.29, 0.717) is 5.92 Å². The number of nitrogens with zero attached hydrogens (tertiary/aromatic N) is 6. The van der Waals surface area contributed by atoms with E-state index in [1.807, 2.05) is 12.3 Å². The lowest BCUT2D eigenvalue weighted by atomic mass is 9.95. The van der Waals surface area contributed by atoms with Crippen molar-refractivity contribution in [1.82, 2.24) is 24.6 Å². The van der Waals surface area contributed by atoms with Crippen LogP contribution in [0.4, 0.5) is 5.82 Å². The molecule has 0 spiro atoms. The number of hydrogen-bond donors (Lipinski definition) is 0. The highest BCUT2D eigenvalue weighted by molar-refractivity contribution is 5.44. The van der Waals surface area contributed by atoms with E-state index in [4.69, 9.17) is 0 Å². The van der Waals surface area contributed by atoms with Gasteiger partial charge in [-0.2, -0.15) is 0 Å². The Kier molecular flexibility index (Phi) is 4.13. The van der Waals surface area contributed by atoms with Crippen LogP contribution in [0.15, 0.2) is 48.7 Å². The Hall–Kier alpha value is -2.73. The smallest absolute Gasteiger partial charge is 0.151 e.